The van der Waals surface area contributed by atoms with Gasteiger partial charge in [-0.25, -0.2) is 0 Å². The third-order valence-corrected chi connectivity index (χ3v) is 5.77. The molecule has 3 heterocycles. The zero-order chi connectivity index (χ0) is 18.6. The monoisotopic (exact) mass is 381 g/mol. The van der Waals surface area contributed by atoms with Crippen molar-refractivity contribution in [1.82, 2.24) is 24.2 Å². The van der Waals surface area contributed by atoms with E-state index in [0.29, 0.717) is 11.4 Å². The normalized spacial score (nSPS) is 14.7. The number of likely N-dealkylation sites (tertiary alicyclic amines) is 1. The van der Waals surface area contributed by atoms with Gasteiger partial charge in [0.15, 0.2) is 16.8 Å². The minimum Gasteiger partial charge on any atom is -0.348 e. The van der Waals surface area contributed by atoms with Gasteiger partial charge in [0.05, 0.1) is 18.0 Å². The summed E-state index contributed by atoms with van der Waals surface area (Å²) in [7, 11) is 1.89. The number of carbonyl (C=O) groups excluding carboxylic acids is 1. The van der Waals surface area contributed by atoms with Crippen LogP contribution in [0.15, 0.2) is 53.8 Å². The van der Waals surface area contributed by atoms with Crippen molar-refractivity contribution in [3.8, 4) is 5.69 Å². The van der Waals surface area contributed by atoms with E-state index in [4.69, 9.17) is 0 Å². The highest BCUT2D eigenvalue weighted by Gasteiger charge is 2.20. The Bertz CT molecular complexity index is 912. The van der Waals surface area contributed by atoms with Gasteiger partial charge in [0.2, 0.25) is 0 Å². The molecule has 0 aliphatic carbocycles. The van der Waals surface area contributed by atoms with Gasteiger partial charge in [-0.2, -0.15) is 0 Å². The Balaban J connectivity index is 1.57. The van der Waals surface area contributed by atoms with Crippen molar-refractivity contribution in [2.24, 2.45) is 7.05 Å². The molecule has 0 saturated carbocycles. The molecular weight excluding hydrogens is 358 g/mol. The minimum atomic E-state index is 0.0937. The summed E-state index contributed by atoms with van der Waals surface area (Å²) in [6, 6.07) is 13.9. The Kier molecular flexibility index (Phi) is 5.40. The van der Waals surface area contributed by atoms with Gasteiger partial charge in [0.25, 0.3) is 0 Å². The first-order valence-electron chi connectivity index (χ1n) is 9.22. The lowest BCUT2D eigenvalue weighted by Gasteiger charge is -2.15. The predicted molar refractivity (Wildman–Crippen MR) is 106 cm³/mol. The highest BCUT2D eigenvalue weighted by Crippen LogP contribution is 2.24. The molecule has 1 saturated heterocycles. The van der Waals surface area contributed by atoms with Crippen molar-refractivity contribution in [3.05, 3.63) is 60.2 Å². The molecule has 0 amide bonds. The number of benzene rings is 1. The Morgan fingerprint density at radius 1 is 1.07 bits per heavy atom. The highest BCUT2D eigenvalue weighted by atomic mass is 32.2. The maximum atomic E-state index is 12.5. The van der Waals surface area contributed by atoms with Crippen LogP contribution in [0.25, 0.3) is 5.69 Å². The fourth-order valence-electron chi connectivity index (χ4n) is 3.43. The molecule has 4 rings (SSSR count). The minimum absolute atomic E-state index is 0.0937. The number of para-hydroxylation sites is 1. The molecule has 1 aromatic carbocycles. The van der Waals surface area contributed by atoms with E-state index in [1.54, 1.807) is 0 Å². The number of aryl methyl sites for hydroxylation is 1. The van der Waals surface area contributed by atoms with E-state index < -0.39 is 0 Å². The van der Waals surface area contributed by atoms with Crippen LogP contribution < -0.4 is 0 Å². The summed E-state index contributed by atoms with van der Waals surface area (Å²) in [5.41, 5.74) is 1.75. The number of thioether (sulfide) groups is 1. The van der Waals surface area contributed by atoms with Crippen molar-refractivity contribution in [2.75, 3.05) is 18.8 Å². The standard InChI is InChI=1S/C20H23N5OS/c1-23-11-7-10-17(23)18(26)15-27-20-22-21-19(14-24-12-5-6-13-24)25(20)16-8-3-2-4-9-16/h2-4,7-11H,5-6,12-15H2,1H3. The first-order valence-corrected chi connectivity index (χ1v) is 10.2. The van der Waals surface area contributed by atoms with Gasteiger partial charge in [0.1, 0.15) is 0 Å². The number of aromatic nitrogens is 4. The molecule has 3 aromatic rings. The molecule has 27 heavy (non-hydrogen) atoms. The van der Waals surface area contributed by atoms with Crippen LogP contribution in [0.5, 0.6) is 0 Å². The predicted octanol–water partition coefficient (Wildman–Crippen LogP) is 3.18. The quantitative estimate of drug-likeness (QED) is 0.465. The van der Waals surface area contributed by atoms with E-state index >= 15 is 0 Å². The third kappa shape index (κ3) is 3.99. The Morgan fingerprint density at radius 3 is 2.56 bits per heavy atom. The van der Waals surface area contributed by atoms with Gasteiger partial charge >= 0.3 is 0 Å². The molecule has 0 spiro atoms. The second-order valence-corrected chi connectivity index (χ2v) is 7.71. The first-order chi connectivity index (χ1) is 13.2. The van der Waals surface area contributed by atoms with Crippen LogP contribution >= 0.6 is 11.8 Å². The second-order valence-electron chi connectivity index (χ2n) is 6.77. The number of Topliss-reactive ketones (excluding diaryl/α,β-unsaturated/α-hetero) is 1. The highest BCUT2D eigenvalue weighted by molar-refractivity contribution is 7.99. The molecule has 2 aromatic heterocycles. The third-order valence-electron chi connectivity index (χ3n) is 4.84. The zero-order valence-corrected chi connectivity index (χ0v) is 16.2. The smallest absolute Gasteiger partial charge is 0.196 e. The van der Waals surface area contributed by atoms with E-state index in [0.717, 1.165) is 36.3 Å². The van der Waals surface area contributed by atoms with Crippen molar-refractivity contribution >= 4 is 17.5 Å². The average molecular weight is 382 g/mol. The van der Waals surface area contributed by atoms with Crippen LogP contribution in [-0.2, 0) is 13.6 Å². The molecule has 0 radical (unpaired) electrons. The molecule has 140 valence electrons. The number of hydrogen-bond acceptors (Lipinski definition) is 5. The maximum Gasteiger partial charge on any atom is 0.196 e. The van der Waals surface area contributed by atoms with Gasteiger partial charge in [-0.1, -0.05) is 30.0 Å². The molecule has 0 N–H and O–H groups in total. The van der Waals surface area contributed by atoms with Crippen LogP contribution in [0.2, 0.25) is 0 Å². The first kappa shape index (κ1) is 18.0. The molecule has 0 atom stereocenters. The van der Waals surface area contributed by atoms with Crippen LogP contribution in [-0.4, -0.2) is 48.9 Å². The lowest BCUT2D eigenvalue weighted by molar-refractivity contribution is 0.101. The summed E-state index contributed by atoms with van der Waals surface area (Å²) in [5, 5.41) is 9.61. The molecule has 7 heteroatoms. The zero-order valence-electron chi connectivity index (χ0n) is 15.4. The fraction of sp³-hybridized carbons (Fsp3) is 0.350. The van der Waals surface area contributed by atoms with E-state index in [9.17, 15) is 4.79 Å². The Hall–Kier alpha value is -2.38. The summed E-state index contributed by atoms with van der Waals surface area (Å²) in [5.74, 6) is 1.36. The average Bonchev–Trinajstić information content (AvgIpc) is 3.42. The van der Waals surface area contributed by atoms with Gasteiger partial charge < -0.3 is 4.57 Å². The van der Waals surface area contributed by atoms with Gasteiger partial charge in [0, 0.05) is 18.9 Å². The van der Waals surface area contributed by atoms with Crippen molar-refractivity contribution in [3.63, 3.8) is 0 Å². The molecule has 1 fully saturated rings. The summed E-state index contributed by atoms with van der Waals surface area (Å²) >= 11 is 1.44. The summed E-state index contributed by atoms with van der Waals surface area (Å²) in [4.78, 5) is 14.9. The summed E-state index contributed by atoms with van der Waals surface area (Å²) < 4.78 is 3.94. The maximum absolute atomic E-state index is 12.5. The molecule has 6 nitrogen and oxygen atoms in total. The van der Waals surface area contributed by atoms with Crippen LogP contribution in [0.4, 0.5) is 0 Å². The molecule has 1 aliphatic heterocycles. The van der Waals surface area contributed by atoms with Crippen LogP contribution in [0.3, 0.4) is 0 Å². The summed E-state index contributed by atoms with van der Waals surface area (Å²) in [6.07, 6.45) is 4.37. The van der Waals surface area contributed by atoms with Crippen molar-refractivity contribution in [1.29, 1.82) is 0 Å². The SMILES string of the molecule is Cn1cccc1C(=O)CSc1nnc(CN2CCCC2)n1-c1ccccc1. The summed E-state index contributed by atoms with van der Waals surface area (Å²) in [6.45, 7) is 3.00. The van der Waals surface area contributed by atoms with E-state index in [1.165, 1.54) is 24.6 Å². The molecule has 1 aliphatic rings. The fourth-order valence-corrected chi connectivity index (χ4v) is 4.27. The molecule has 0 bridgehead atoms. The van der Waals surface area contributed by atoms with E-state index in [1.807, 2.05) is 48.1 Å². The Labute approximate surface area is 163 Å². The lowest BCUT2D eigenvalue weighted by Crippen LogP contribution is -2.21. The van der Waals surface area contributed by atoms with Crippen LogP contribution in [0.1, 0.15) is 29.2 Å². The van der Waals surface area contributed by atoms with Crippen molar-refractivity contribution < 1.29 is 4.79 Å². The van der Waals surface area contributed by atoms with Gasteiger partial charge in [-0.3, -0.25) is 14.3 Å². The molecule has 0 unspecified atom stereocenters. The number of nitrogens with zero attached hydrogens (tertiary/aromatic N) is 5. The number of hydrogen-bond donors (Lipinski definition) is 0. The number of rotatable bonds is 7. The van der Waals surface area contributed by atoms with Crippen LogP contribution in [0, 0.1) is 0 Å². The Morgan fingerprint density at radius 2 is 1.85 bits per heavy atom. The van der Waals surface area contributed by atoms with Gasteiger partial charge in [-0.05, 0) is 50.2 Å². The van der Waals surface area contributed by atoms with E-state index in [2.05, 4.69) is 31.8 Å². The van der Waals surface area contributed by atoms with Gasteiger partial charge in [-0.15, -0.1) is 10.2 Å². The largest absolute Gasteiger partial charge is 0.348 e. The topological polar surface area (TPSA) is 56.0 Å². The van der Waals surface area contributed by atoms with Crippen molar-refractivity contribution in [2.45, 2.75) is 24.5 Å². The number of ketones is 1. The van der Waals surface area contributed by atoms with E-state index in [-0.39, 0.29) is 5.78 Å². The number of carbonyl (C=O) groups is 1. The lowest BCUT2D eigenvalue weighted by atomic mass is 10.3. The molecular formula is C20H23N5OS. The second kappa shape index (κ2) is 8.10.